The Hall–Kier alpha value is -1.33. The Kier molecular flexibility index (Phi) is 2.39. The van der Waals surface area contributed by atoms with Crippen LogP contribution < -0.4 is 5.56 Å². The largest absolute Gasteiger partial charge is 0.433 e. The normalized spacial score (nSPS) is 11.9. The van der Waals surface area contributed by atoms with Gasteiger partial charge < -0.3 is 0 Å². The fourth-order valence-electron chi connectivity index (χ4n) is 1.10. The van der Waals surface area contributed by atoms with Crippen LogP contribution in [0.4, 0.5) is 13.2 Å². The number of nitrogens with zero attached hydrogens (tertiary/aromatic N) is 2. The predicted octanol–water partition coefficient (Wildman–Crippen LogP) is 1.42. The molecule has 0 N–H and O–H groups in total. The molecule has 0 radical (unpaired) electrons. The third kappa shape index (κ3) is 1.64. The van der Waals surface area contributed by atoms with E-state index in [1.54, 1.807) is 0 Å². The first-order valence-corrected chi connectivity index (χ1v) is 3.86. The lowest BCUT2D eigenvalue weighted by atomic mass is 10.2. The third-order valence-electron chi connectivity index (χ3n) is 2.01. The van der Waals surface area contributed by atoms with Gasteiger partial charge >= 0.3 is 6.18 Å². The SMILES string of the molecule is Cc1c(C(F)(F)F)nc(C)n(C)c1=O. The zero-order valence-electron chi connectivity index (χ0n) is 7.94. The first-order valence-electron chi connectivity index (χ1n) is 3.86. The lowest BCUT2D eigenvalue weighted by Crippen LogP contribution is -2.28. The highest BCUT2D eigenvalue weighted by Crippen LogP contribution is 2.28. The smallest absolute Gasteiger partial charge is 0.300 e. The van der Waals surface area contributed by atoms with Crippen molar-refractivity contribution < 1.29 is 13.2 Å². The topological polar surface area (TPSA) is 34.9 Å². The number of rotatable bonds is 0. The maximum absolute atomic E-state index is 12.3. The summed E-state index contributed by atoms with van der Waals surface area (Å²) in [5.41, 5.74) is -2.13. The number of aromatic nitrogens is 2. The lowest BCUT2D eigenvalue weighted by Gasteiger charge is -2.11. The molecule has 0 fully saturated rings. The summed E-state index contributed by atoms with van der Waals surface area (Å²) in [7, 11) is 1.39. The van der Waals surface area contributed by atoms with E-state index < -0.39 is 17.4 Å². The molecular weight excluding hydrogens is 197 g/mol. The van der Waals surface area contributed by atoms with Crippen molar-refractivity contribution >= 4 is 0 Å². The molecule has 1 aromatic rings. The number of aryl methyl sites for hydroxylation is 1. The molecule has 3 nitrogen and oxygen atoms in total. The van der Waals surface area contributed by atoms with Crippen LogP contribution in [0.1, 0.15) is 17.1 Å². The van der Waals surface area contributed by atoms with Gasteiger partial charge in [-0.25, -0.2) is 4.98 Å². The van der Waals surface area contributed by atoms with Gasteiger partial charge in [-0.1, -0.05) is 0 Å². The fraction of sp³-hybridized carbons (Fsp3) is 0.500. The standard InChI is InChI=1S/C8H9F3N2O/c1-4-6(8(9,10)11)12-5(2)13(3)7(4)14/h1-3H3. The maximum Gasteiger partial charge on any atom is 0.433 e. The van der Waals surface area contributed by atoms with Gasteiger partial charge in [-0.05, 0) is 13.8 Å². The maximum atomic E-state index is 12.3. The summed E-state index contributed by atoms with van der Waals surface area (Å²) >= 11 is 0. The summed E-state index contributed by atoms with van der Waals surface area (Å²) in [4.78, 5) is 14.6. The molecular formula is C8H9F3N2O. The quantitative estimate of drug-likeness (QED) is 0.643. The van der Waals surface area contributed by atoms with Gasteiger partial charge in [-0.2, -0.15) is 13.2 Å². The van der Waals surface area contributed by atoms with Gasteiger partial charge in [-0.15, -0.1) is 0 Å². The summed E-state index contributed by atoms with van der Waals surface area (Å²) in [5.74, 6) is 0.0490. The zero-order chi connectivity index (χ0) is 11.1. The average molecular weight is 206 g/mol. The van der Waals surface area contributed by atoms with Crippen molar-refractivity contribution in [3.63, 3.8) is 0 Å². The Labute approximate surface area is 78.2 Å². The van der Waals surface area contributed by atoms with Gasteiger partial charge in [0, 0.05) is 12.6 Å². The molecule has 78 valence electrons. The molecule has 1 rings (SSSR count). The highest BCUT2D eigenvalue weighted by Gasteiger charge is 2.36. The van der Waals surface area contributed by atoms with Crippen LogP contribution >= 0.6 is 0 Å². The minimum absolute atomic E-state index is 0.0490. The van der Waals surface area contributed by atoms with Gasteiger partial charge in [-0.3, -0.25) is 9.36 Å². The molecule has 0 saturated heterocycles. The second-order valence-corrected chi connectivity index (χ2v) is 2.99. The number of halogens is 3. The van der Waals surface area contributed by atoms with Gasteiger partial charge in [0.15, 0.2) is 5.69 Å². The van der Waals surface area contributed by atoms with Crippen molar-refractivity contribution in [2.45, 2.75) is 20.0 Å². The predicted molar refractivity (Wildman–Crippen MR) is 44.0 cm³/mol. The average Bonchev–Trinajstić information content (AvgIpc) is 2.06. The summed E-state index contributed by atoms with van der Waals surface area (Å²) in [6.45, 7) is 2.48. The van der Waals surface area contributed by atoms with Crippen LogP contribution in [0, 0.1) is 13.8 Å². The molecule has 0 bridgehead atoms. The van der Waals surface area contributed by atoms with Crippen LogP contribution in [-0.2, 0) is 13.2 Å². The van der Waals surface area contributed by atoms with Gasteiger partial charge in [0.05, 0.1) is 0 Å². The molecule has 0 aromatic carbocycles. The summed E-state index contributed by atoms with van der Waals surface area (Å²) in [5, 5.41) is 0. The Morgan fingerprint density at radius 1 is 1.29 bits per heavy atom. The monoisotopic (exact) mass is 206 g/mol. The highest BCUT2D eigenvalue weighted by molar-refractivity contribution is 5.19. The molecule has 1 aromatic heterocycles. The van der Waals surface area contributed by atoms with Crippen molar-refractivity contribution in [2.75, 3.05) is 0 Å². The van der Waals surface area contributed by atoms with E-state index >= 15 is 0 Å². The molecule has 0 aliphatic rings. The van der Waals surface area contributed by atoms with E-state index in [0.29, 0.717) is 0 Å². The van der Waals surface area contributed by atoms with Gasteiger partial charge in [0.2, 0.25) is 0 Å². The van der Waals surface area contributed by atoms with Crippen molar-refractivity contribution in [3.05, 3.63) is 27.4 Å². The van der Waals surface area contributed by atoms with E-state index in [0.717, 1.165) is 11.5 Å². The minimum atomic E-state index is -4.57. The van der Waals surface area contributed by atoms with Crippen molar-refractivity contribution in [2.24, 2.45) is 7.05 Å². The molecule has 14 heavy (non-hydrogen) atoms. The summed E-state index contributed by atoms with van der Waals surface area (Å²) in [6.07, 6.45) is -4.57. The molecule has 0 amide bonds. The van der Waals surface area contributed by atoms with Gasteiger partial charge in [0.25, 0.3) is 5.56 Å². The van der Waals surface area contributed by atoms with Crippen LogP contribution in [0.2, 0.25) is 0 Å². The highest BCUT2D eigenvalue weighted by atomic mass is 19.4. The second kappa shape index (κ2) is 3.11. The van der Waals surface area contributed by atoms with Crippen LogP contribution in [0.25, 0.3) is 0 Å². The van der Waals surface area contributed by atoms with Crippen LogP contribution in [0.15, 0.2) is 4.79 Å². The van der Waals surface area contributed by atoms with Crippen LogP contribution in [-0.4, -0.2) is 9.55 Å². The lowest BCUT2D eigenvalue weighted by molar-refractivity contribution is -0.142. The molecule has 0 saturated carbocycles. The Balaban J connectivity index is 3.58. The number of hydrogen-bond acceptors (Lipinski definition) is 2. The van der Waals surface area contributed by atoms with Crippen molar-refractivity contribution in [1.29, 1.82) is 0 Å². The van der Waals surface area contributed by atoms with E-state index in [1.165, 1.54) is 14.0 Å². The Bertz CT molecular complexity index is 420. The van der Waals surface area contributed by atoms with E-state index in [2.05, 4.69) is 4.98 Å². The van der Waals surface area contributed by atoms with Gasteiger partial charge in [0.1, 0.15) is 5.82 Å². The number of alkyl halides is 3. The van der Waals surface area contributed by atoms with Crippen LogP contribution in [0.3, 0.4) is 0 Å². The Morgan fingerprint density at radius 3 is 2.21 bits per heavy atom. The molecule has 1 heterocycles. The van der Waals surface area contributed by atoms with E-state index in [1.807, 2.05) is 0 Å². The van der Waals surface area contributed by atoms with E-state index in [9.17, 15) is 18.0 Å². The van der Waals surface area contributed by atoms with E-state index in [-0.39, 0.29) is 11.4 Å². The summed E-state index contributed by atoms with van der Waals surface area (Å²) in [6, 6.07) is 0. The molecule has 0 unspecified atom stereocenters. The molecule has 0 atom stereocenters. The molecule has 6 heteroatoms. The molecule has 0 aliphatic heterocycles. The summed E-state index contributed by atoms with van der Waals surface area (Å²) < 4.78 is 38.1. The second-order valence-electron chi connectivity index (χ2n) is 2.99. The van der Waals surface area contributed by atoms with E-state index in [4.69, 9.17) is 0 Å². The first-order chi connectivity index (χ1) is 6.25. The zero-order valence-corrected chi connectivity index (χ0v) is 7.94. The minimum Gasteiger partial charge on any atom is -0.300 e. The van der Waals surface area contributed by atoms with Crippen molar-refractivity contribution in [1.82, 2.24) is 9.55 Å². The first kappa shape index (κ1) is 10.7. The fourth-order valence-corrected chi connectivity index (χ4v) is 1.10. The molecule has 0 aliphatic carbocycles. The number of hydrogen-bond donors (Lipinski definition) is 0. The third-order valence-corrected chi connectivity index (χ3v) is 2.01. The van der Waals surface area contributed by atoms with Crippen molar-refractivity contribution in [3.8, 4) is 0 Å². The Morgan fingerprint density at radius 2 is 1.79 bits per heavy atom. The molecule has 0 spiro atoms. The van der Waals surface area contributed by atoms with Crippen LogP contribution in [0.5, 0.6) is 0 Å².